The minimum absolute atomic E-state index is 0.170. The molecule has 0 saturated carbocycles. The number of hydrogen-bond donors (Lipinski definition) is 1. The summed E-state index contributed by atoms with van der Waals surface area (Å²) in [7, 11) is 0. The Kier molecular flexibility index (Phi) is 5.10. The van der Waals surface area contributed by atoms with Gasteiger partial charge in [0.2, 0.25) is 0 Å². The fourth-order valence-electron chi connectivity index (χ4n) is 3.31. The number of likely N-dealkylation sites (tertiary alicyclic amines) is 1. The largest absolute Gasteiger partial charge is 0.445 e. The normalized spacial score (nSPS) is 15.2. The minimum Gasteiger partial charge on any atom is -0.445 e. The van der Waals surface area contributed by atoms with Gasteiger partial charge in [-0.2, -0.15) is 5.10 Å². The van der Waals surface area contributed by atoms with Crippen LogP contribution < -0.4 is 5.73 Å². The fourth-order valence-corrected chi connectivity index (χ4v) is 4.06. The van der Waals surface area contributed by atoms with Gasteiger partial charge < -0.3 is 15.4 Å². The summed E-state index contributed by atoms with van der Waals surface area (Å²) < 4.78 is 8.14. The molecular weight excluding hydrogens is 459 g/mol. The summed E-state index contributed by atoms with van der Waals surface area (Å²) >= 11 is 2.16. The first-order valence-electron chi connectivity index (χ1n) is 8.73. The van der Waals surface area contributed by atoms with E-state index < -0.39 is 0 Å². The second kappa shape index (κ2) is 7.67. The van der Waals surface area contributed by atoms with Gasteiger partial charge in [-0.3, -0.25) is 0 Å². The summed E-state index contributed by atoms with van der Waals surface area (Å²) in [5.41, 5.74) is 7.69. The van der Waals surface area contributed by atoms with Gasteiger partial charge >= 0.3 is 6.09 Å². The Morgan fingerprint density at radius 1 is 1.22 bits per heavy atom. The molecule has 0 radical (unpaired) electrons. The lowest BCUT2D eigenvalue weighted by atomic mass is 10.1. The second-order valence-electron chi connectivity index (χ2n) is 6.45. The van der Waals surface area contributed by atoms with Crippen molar-refractivity contribution >= 4 is 45.5 Å². The number of benzene rings is 1. The Balaban J connectivity index is 1.39. The summed E-state index contributed by atoms with van der Waals surface area (Å²) in [4.78, 5) is 22.5. The van der Waals surface area contributed by atoms with Crippen molar-refractivity contribution < 1.29 is 9.53 Å². The van der Waals surface area contributed by atoms with E-state index >= 15 is 0 Å². The van der Waals surface area contributed by atoms with Crippen LogP contribution in [0.25, 0.3) is 11.0 Å². The maximum absolute atomic E-state index is 12.3. The molecule has 1 saturated heterocycles. The first-order chi connectivity index (χ1) is 13.1. The SMILES string of the molecule is Nc1ncnc2c1c(I)nn2C1CCN(C(=O)OCc2ccccc2)CC1. The first kappa shape index (κ1) is 18.0. The number of fused-ring (bicyclic) bond motifs is 1. The van der Waals surface area contributed by atoms with Crippen LogP contribution in [0.4, 0.5) is 10.6 Å². The third-order valence-electron chi connectivity index (χ3n) is 4.75. The van der Waals surface area contributed by atoms with Gasteiger partial charge in [0.15, 0.2) is 5.65 Å². The smallest absolute Gasteiger partial charge is 0.410 e. The van der Waals surface area contributed by atoms with Gasteiger partial charge in [-0.05, 0) is 41.0 Å². The van der Waals surface area contributed by atoms with Crippen molar-refractivity contribution in [2.24, 2.45) is 0 Å². The number of rotatable bonds is 3. The van der Waals surface area contributed by atoms with Crippen LogP contribution in [0, 0.1) is 3.70 Å². The summed E-state index contributed by atoms with van der Waals surface area (Å²) in [6, 6.07) is 9.86. The fraction of sp³-hybridized carbons (Fsp3) is 0.333. The summed E-state index contributed by atoms with van der Waals surface area (Å²) in [6.07, 6.45) is 2.76. The predicted molar refractivity (Wildman–Crippen MR) is 109 cm³/mol. The van der Waals surface area contributed by atoms with Gasteiger partial charge in [0.05, 0.1) is 11.4 Å². The van der Waals surface area contributed by atoms with Crippen molar-refractivity contribution in [2.45, 2.75) is 25.5 Å². The van der Waals surface area contributed by atoms with Crippen LogP contribution in [-0.4, -0.2) is 43.8 Å². The van der Waals surface area contributed by atoms with E-state index in [1.54, 1.807) is 4.90 Å². The maximum Gasteiger partial charge on any atom is 0.410 e. The molecule has 0 spiro atoms. The first-order valence-corrected chi connectivity index (χ1v) is 9.81. The van der Waals surface area contributed by atoms with Gasteiger partial charge in [0.1, 0.15) is 22.5 Å². The topological polar surface area (TPSA) is 99.2 Å². The number of hydrogen-bond acceptors (Lipinski definition) is 6. The number of halogens is 1. The Labute approximate surface area is 169 Å². The molecule has 0 aliphatic carbocycles. The Morgan fingerprint density at radius 2 is 1.96 bits per heavy atom. The molecule has 1 fully saturated rings. The number of anilines is 1. The number of ether oxygens (including phenoxy) is 1. The van der Waals surface area contributed by atoms with Crippen LogP contribution in [0.1, 0.15) is 24.4 Å². The molecule has 0 bridgehead atoms. The molecule has 27 heavy (non-hydrogen) atoms. The quantitative estimate of drug-likeness (QED) is 0.582. The van der Waals surface area contributed by atoms with Gasteiger partial charge in [-0.25, -0.2) is 19.4 Å². The molecule has 140 valence electrons. The molecule has 8 nitrogen and oxygen atoms in total. The Morgan fingerprint density at radius 3 is 2.70 bits per heavy atom. The molecule has 0 atom stereocenters. The highest BCUT2D eigenvalue weighted by atomic mass is 127. The third kappa shape index (κ3) is 3.68. The number of nitrogens with zero attached hydrogens (tertiary/aromatic N) is 5. The summed E-state index contributed by atoms with van der Waals surface area (Å²) in [5.74, 6) is 0.442. The van der Waals surface area contributed by atoms with E-state index in [9.17, 15) is 4.79 Å². The van der Waals surface area contributed by atoms with Crippen molar-refractivity contribution in [1.29, 1.82) is 0 Å². The number of carbonyl (C=O) groups excluding carboxylic acids is 1. The highest BCUT2D eigenvalue weighted by Gasteiger charge is 2.27. The predicted octanol–water partition coefficient (Wildman–Crippen LogP) is 2.99. The summed E-state index contributed by atoms with van der Waals surface area (Å²) in [5, 5.41) is 5.40. The van der Waals surface area contributed by atoms with Crippen molar-refractivity contribution in [3.05, 3.63) is 45.9 Å². The number of nitrogens with two attached hydrogens (primary N) is 1. The van der Waals surface area contributed by atoms with Crippen LogP contribution in [0.15, 0.2) is 36.7 Å². The number of piperidine rings is 1. The van der Waals surface area contributed by atoms with E-state index in [0.29, 0.717) is 18.9 Å². The maximum atomic E-state index is 12.3. The Hall–Kier alpha value is -2.43. The van der Waals surface area contributed by atoms with Crippen LogP contribution >= 0.6 is 22.6 Å². The number of amides is 1. The number of nitrogen functional groups attached to an aromatic ring is 1. The van der Waals surface area contributed by atoms with E-state index in [4.69, 9.17) is 10.5 Å². The zero-order chi connectivity index (χ0) is 18.8. The van der Waals surface area contributed by atoms with Gasteiger partial charge in [-0.15, -0.1) is 0 Å². The van der Waals surface area contributed by atoms with Crippen LogP contribution in [0.3, 0.4) is 0 Å². The number of aromatic nitrogens is 4. The lowest BCUT2D eigenvalue weighted by molar-refractivity contribution is 0.0824. The van der Waals surface area contributed by atoms with Crippen molar-refractivity contribution in [3.8, 4) is 0 Å². The van der Waals surface area contributed by atoms with E-state index in [2.05, 4.69) is 37.7 Å². The summed E-state index contributed by atoms with van der Waals surface area (Å²) in [6.45, 7) is 1.53. The van der Waals surface area contributed by atoms with E-state index in [0.717, 1.165) is 33.1 Å². The van der Waals surface area contributed by atoms with Gasteiger partial charge in [0, 0.05) is 13.1 Å². The zero-order valence-corrected chi connectivity index (χ0v) is 16.7. The van der Waals surface area contributed by atoms with Crippen molar-refractivity contribution in [2.75, 3.05) is 18.8 Å². The van der Waals surface area contributed by atoms with Gasteiger partial charge in [0.25, 0.3) is 0 Å². The van der Waals surface area contributed by atoms with Crippen molar-refractivity contribution in [1.82, 2.24) is 24.6 Å². The molecule has 2 N–H and O–H groups in total. The molecule has 0 unspecified atom stereocenters. The molecule has 1 aromatic carbocycles. The highest BCUT2D eigenvalue weighted by molar-refractivity contribution is 14.1. The van der Waals surface area contributed by atoms with Crippen molar-refractivity contribution in [3.63, 3.8) is 0 Å². The van der Waals surface area contributed by atoms with Crippen LogP contribution in [-0.2, 0) is 11.3 Å². The monoisotopic (exact) mass is 478 g/mol. The van der Waals surface area contributed by atoms with E-state index in [-0.39, 0.29) is 18.7 Å². The molecule has 1 amide bonds. The average Bonchev–Trinajstić information content (AvgIpc) is 3.05. The molecule has 1 aliphatic rings. The van der Waals surface area contributed by atoms with E-state index in [1.807, 2.05) is 35.0 Å². The number of carbonyl (C=O) groups is 1. The molecule has 2 aromatic heterocycles. The molecular formula is C18H19IN6O2. The van der Waals surface area contributed by atoms with Gasteiger partial charge in [-0.1, -0.05) is 30.3 Å². The lowest BCUT2D eigenvalue weighted by Gasteiger charge is -2.31. The molecule has 1 aliphatic heterocycles. The highest BCUT2D eigenvalue weighted by Crippen LogP contribution is 2.29. The zero-order valence-electron chi connectivity index (χ0n) is 14.6. The molecule has 3 aromatic rings. The second-order valence-corrected chi connectivity index (χ2v) is 7.47. The van der Waals surface area contributed by atoms with Crippen LogP contribution in [0.2, 0.25) is 0 Å². The Bertz CT molecular complexity index is 953. The van der Waals surface area contributed by atoms with Crippen LogP contribution in [0.5, 0.6) is 0 Å². The standard InChI is InChI=1S/C18H19IN6O2/c19-15-14-16(20)21-11-22-17(14)25(23-15)13-6-8-24(9-7-13)18(26)27-10-12-4-2-1-3-5-12/h1-5,11,13H,6-10H2,(H2,20,21,22). The minimum atomic E-state index is -0.274. The average molecular weight is 478 g/mol. The molecule has 9 heteroatoms. The molecule has 3 heterocycles. The lowest BCUT2D eigenvalue weighted by Crippen LogP contribution is -2.39. The third-order valence-corrected chi connectivity index (χ3v) is 5.50. The molecule has 4 rings (SSSR count). The van der Waals surface area contributed by atoms with E-state index in [1.165, 1.54) is 6.33 Å².